The number of aromatic nitrogens is 1. The molecular formula is C17H18Cl2N4S. The van der Waals surface area contributed by atoms with E-state index in [0.29, 0.717) is 16.6 Å². The van der Waals surface area contributed by atoms with E-state index in [9.17, 15) is 0 Å². The second-order valence-corrected chi connectivity index (χ2v) is 7.98. The molecule has 126 valence electrons. The summed E-state index contributed by atoms with van der Waals surface area (Å²) in [5.74, 6) is 1.94. The zero-order valence-corrected chi connectivity index (χ0v) is 15.4. The highest BCUT2D eigenvalue weighted by Gasteiger charge is 2.41. The molecule has 1 fully saturated rings. The van der Waals surface area contributed by atoms with Gasteiger partial charge in [0.2, 0.25) is 0 Å². The van der Waals surface area contributed by atoms with E-state index in [1.165, 1.54) is 19.3 Å². The van der Waals surface area contributed by atoms with Crippen LogP contribution in [0.3, 0.4) is 0 Å². The number of fused-ring (bicyclic) bond motifs is 1. The third-order valence-corrected chi connectivity index (χ3v) is 6.18. The normalized spacial score (nSPS) is 18.7. The molecule has 1 aliphatic carbocycles. The van der Waals surface area contributed by atoms with Gasteiger partial charge in [0.05, 0.1) is 21.1 Å². The van der Waals surface area contributed by atoms with Gasteiger partial charge in [-0.2, -0.15) is 0 Å². The van der Waals surface area contributed by atoms with Crippen LogP contribution in [0, 0.1) is 0 Å². The quantitative estimate of drug-likeness (QED) is 0.733. The van der Waals surface area contributed by atoms with Gasteiger partial charge in [-0.25, -0.2) is 9.98 Å². The van der Waals surface area contributed by atoms with Crippen LogP contribution in [-0.2, 0) is 6.54 Å². The fraction of sp³-hybridized carbons (Fsp3) is 0.412. The maximum Gasteiger partial charge on any atom is 0.164 e. The number of rotatable bonds is 2. The summed E-state index contributed by atoms with van der Waals surface area (Å²) in [5, 5.41) is 9.30. The fourth-order valence-electron chi connectivity index (χ4n) is 3.46. The fourth-order valence-corrected chi connectivity index (χ4v) is 4.40. The molecule has 0 unspecified atom stereocenters. The first-order valence-electron chi connectivity index (χ1n) is 8.15. The molecule has 1 aromatic carbocycles. The summed E-state index contributed by atoms with van der Waals surface area (Å²) in [6.07, 6.45) is 5.86. The van der Waals surface area contributed by atoms with Crippen LogP contribution in [0.5, 0.6) is 0 Å². The molecule has 4 nitrogen and oxygen atoms in total. The summed E-state index contributed by atoms with van der Waals surface area (Å²) in [4.78, 5) is 9.30. The minimum atomic E-state index is -0.116. The molecule has 1 aromatic heterocycles. The Kier molecular flexibility index (Phi) is 4.41. The van der Waals surface area contributed by atoms with Crippen molar-refractivity contribution in [2.24, 2.45) is 4.99 Å². The number of halogens is 2. The smallest absolute Gasteiger partial charge is 0.164 e. The van der Waals surface area contributed by atoms with E-state index in [2.05, 4.69) is 15.6 Å². The van der Waals surface area contributed by atoms with Crippen LogP contribution in [0.15, 0.2) is 28.7 Å². The maximum absolute atomic E-state index is 6.12. The number of nitrogens with one attached hydrogen (secondary N) is 2. The predicted octanol–water partition coefficient (Wildman–Crippen LogP) is 5.40. The lowest BCUT2D eigenvalue weighted by atomic mass is 9.80. The lowest BCUT2D eigenvalue weighted by Crippen LogP contribution is -2.54. The van der Waals surface area contributed by atoms with E-state index in [1.807, 2.05) is 23.7 Å². The van der Waals surface area contributed by atoms with Gasteiger partial charge >= 0.3 is 0 Å². The van der Waals surface area contributed by atoms with Crippen LogP contribution < -0.4 is 10.6 Å². The summed E-state index contributed by atoms with van der Waals surface area (Å²) in [5.41, 5.74) is 2.82. The molecule has 1 spiro atoms. The van der Waals surface area contributed by atoms with Crippen LogP contribution in [0.4, 0.5) is 10.8 Å². The van der Waals surface area contributed by atoms with Gasteiger partial charge in [-0.3, -0.25) is 0 Å². The lowest BCUT2D eigenvalue weighted by molar-refractivity contribution is 0.395. The van der Waals surface area contributed by atoms with Crippen molar-refractivity contribution in [3.05, 3.63) is 39.3 Å². The Balaban J connectivity index is 1.59. The van der Waals surface area contributed by atoms with Crippen molar-refractivity contribution in [2.75, 3.05) is 5.32 Å². The average Bonchev–Trinajstić information content (AvgIpc) is 3.03. The Hall–Kier alpha value is -1.30. The van der Waals surface area contributed by atoms with Crippen LogP contribution >= 0.6 is 34.5 Å². The Morgan fingerprint density at radius 3 is 2.79 bits per heavy atom. The SMILES string of the molecule is Clc1ccc(CNC2=Nc3scnc3NC23CCCCC3)cc1Cl. The lowest BCUT2D eigenvalue weighted by Gasteiger charge is -2.41. The van der Waals surface area contributed by atoms with Crippen molar-refractivity contribution in [1.82, 2.24) is 10.3 Å². The number of aliphatic imine (C=N–C) groups is 1. The molecule has 1 saturated carbocycles. The van der Waals surface area contributed by atoms with E-state index in [0.717, 1.165) is 35.1 Å². The summed E-state index contributed by atoms with van der Waals surface area (Å²) < 4.78 is 0. The van der Waals surface area contributed by atoms with Crippen LogP contribution in [0.25, 0.3) is 0 Å². The van der Waals surface area contributed by atoms with Gasteiger partial charge < -0.3 is 10.6 Å². The number of amidine groups is 1. The van der Waals surface area contributed by atoms with Crippen molar-refractivity contribution >= 4 is 51.2 Å². The number of hydrogen-bond donors (Lipinski definition) is 2. The summed E-state index contributed by atoms with van der Waals surface area (Å²) in [6.45, 7) is 0.674. The highest BCUT2D eigenvalue weighted by molar-refractivity contribution is 7.14. The molecule has 0 radical (unpaired) electrons. The first-order chi connectivity index (χ1) is 11.7. The molecule has 1 aliphatic heterocycles. The molecule has 2 aromatic rings. The summed E-state index contributed by atoms with van der Waals surface area (Å²) in [7, 11) is 0. The predicted molar refractivity (Wildman–Crippen MR) is 102 cm³/mol. The first-order valence-corrected chi connectivity index (χ1v) is 9.78. The second-order valence-electron chi connectivity index (χ2n) is 6.34. The van der Waals surface area contributed by atoms with Crippen molar-refractivity contribution in [1.29, 1.82) is 0 Å². The molecule has 0 saturated heterocycles. The summed E-state index contributed by atoms with van der Waals surface area (Å²) in [6, 6.07) is 5.72. The molecule has 2 aliphatic rings. The van der Waals surface area contributed by atoms with E-state index < -0.39 is 0 Å². The Morgan fingerprint density at radius 1 is 1.17 bits per heavy atom. The van der Waals surface area contributed by atoms with Crippen LogP contribution in [0.2, 0.25) is 10.0 Å². The molecule has 24 heavy (non-hydrogen) atoms. The number of thiazole rings is 1. The number of nitrogens with zero attached hydrogens (tertiary/aromatic N) is 2. The van der Waals surface area contributed by atoms with Gasteiger partial charge in [0, 0.05) is 6.54 Å². The minimum Gasteiger partial charge on any atom is -0.367 e. The van der Waals surface area contributed by atoms with E-state index in [1.54, 1.807) is 11.3 Å². The maximum atomic E-state index is 6.12. The van der Waals surface area contributed by atoms with Crippen molar-refractivity contribution in [3.63, 3.8) is 0 Å². The third-order valence-electron chi connectivity index (χ3n) is 4.72. The highest BCUT2D eigenvalue weighted by Crippen LogP contribution is 2.41. The monoisotopic (exact) mass is 380 g/mol. The number of anilines is 1. The highest BCUT2D eigenvalue weighted by atomic mass is 35.5. The topological polar surface area (TPSA) is 49.3 Å². The Bertz CT molecular complexity index is 781. The van der Waals surface area contributed by atoms with Gasteiger partial charge in [0.25, 0.3) is 0 Å². The molecule has 7 heteroatoms. The Labute approximate surface area is 155 Å². The third kappa shape index (κ3) is 3.01. The van der Waals surface area contributed by atoms with Crippen LogP contribution in [-0.4, -0.2) is 16.4 Å². The van der Waals surface area contributed by atoms with Crippen molar-refractivity contribution < 1.29 is 0 Å². The molecule has 2 heterocycles. The van der Waals surface area contributed by atoms with Gasteiger partial charge in [-0.15, -0.1) is 11.3 Å². The van der Waals surface area contributed by atoms with E-state index in [-0.39, 0.29) is 5.54 Å². The largest absolute Gasteiger partial charge is 0.367 e. The number of benzene rings is 1. The van der Waals surface area contributed by atoms with Crippen molar-refractivity contribution in [3.8, 4) is 0 Å². The minimum absolute atomic E-state index is 0.116. The Morgan fingerprint density at radius 2 is 2.00 bits per heavy atom. The van der Waals surface area contributed by atoms with Gasteiger partial charge in [-0.1, -0.05) is 48.5 Å². The standard InChI is InChI=1S/C17H18Cl2N4S/c18-12-5-4-11(8-13(12)19)9-20-16-17(6-2-1-3-7-17)23-14-15(22-16)24-10-21-14/h4-5,8,10,23H,1-3,6-7,9H2,(H,20,22). The molecule has 2 N–H and O–H groups in total. The van der Waals surface area contributed by atoms with E-state index >= 15 is 0 Å². The number of hydrogen-bond acceptors (Lipinski definition) is 5. The first kappa shape index (κ1) is 16.2. The summed E-state index contributed by atoms with van der Waals surface area (Å²) >= 11 is 13.7. The molecule has 4 rings (SSSR count). The zero-order chi connectivity index (χ0) is 16.6. The molecule has 0 atom stereocenters. The van der Waals surface area contributed by atoms with E-state index in [4.69, 9.17) is 28.2 Å². The molecule has 0 amide bonds. The van der Waals surface area contributed by atoms with Gasteiger partial charge in [-0.05, 0) is 30.5 Å². The van der Waals surface area contributed by atoms with Gasteiger partial charge in [0.15, 0.2) is 10.8 Å². The van der Waals surface area contributed by atoms with Crippen molar-refractivity contribution in [2.45, 2.75) is 44.2 Å². The average molecular weight is 381 g/mol. The molecule has 0 bridgehead atoms. The zero-order valence-electron chi connectivity index (χ0n) is 13.1. The second kappa shape index (κ2) is 6.54. The van der Waals surface area contributed by atoms with Crippen LogP contribution in [0.1, 0.15) is 37.7 Å². The van der Waals surface area contributed by atoms with Gasteiger partial charge in [0.1, 0.15) is 5.84 Å². The molecular weight excluding hydrogens is 363 g/mol.